The van der Waals surface area contributed by atoms with Gasteiger partial charge in [-0.1, -0.05) is 13.0 Å². The first-order valence-electron chi connectivity index (χ1n) is 7.97. The van der Waals surface area contributed by atoms with Gasteiger partial charge in [0.25, 0.3) is 0 Å². The molecule has 1 saturated heterocycles. The first-order chi connectivity index (χ1) is 10.1. The number of phenolic OH excluding ortho intramolecular Hbond substituents is 1. The molecule has 0 amide bonds. The van der Waals surface area contributed by atoms with Crippen molar-refractivity contribution in [3.05, 3.63) is 23.8 Å². The highest BCUT2D eigenvalue weighted by Crippen LogP contribution is 2.29. The molecule has 0 bridgehead atoms. The SMILES string of the molecule is CCCOc1ccc(CN2CCCC2CC(C)O)c(O)c1. The van der Waals surface area contributed by atoms with Gasteiger partial charge in [0.05, 0.1) is 12.7 Å². The molecule has 1 aromatic rings. The van der Waals surface area contributed by atoms with Crippen molar-refractivity contribution in [1.82, 2.24) is 4.90 Å². The summed E-state index contributed by atoms with van der Waals surface area (Å²) in [7, 11) is 0. The molecular formula is C17H27NO3. The molecule has 1 fully saturated rings. The summed E-state index contributed by atoms with van der Waals surface area (Å²) in [5.41, 5.74) is 0.927. The average molecular weight is 293 g/mol. The van der Waals surface area contributed by atoms with Crippen molar-refractivity contribution < 1.29 is 14.9 Å². The van der Waals surface area contributed by atoms with E-state index in [9.17, 15) is 10.2 Å². The van der Waals surface area contributed by atoms with E-state index in [1.807, 2.05) is 19.1 Å². The van der Waals surface area contributed by atoms with Crippen LogP contribution in [0.3, 0.4) is 0 Å². The summed E-state index contributed by atoms with van der Waals surface area (Å²) in [6.07, 6.45) is 3.78. The normalized spacial score (nSPS) is 20.6. The van der Waals surface area contributed by atoms with E-state index < -0.39 is 0 Å². The Labute approximate surface area is 127 Å². The first-order valence-corrected chi connectivity index (χ1v) is 7.97. The van der Waals surface area contributed by atoms with E-state index >= 15 is 0 Å². The zero-order valence-electron chi connectivity index (χ0n) is 13.1. The summed E-state index contributed by atoms with van der Waals surface area (Å²) in [5.74, 6) is 1.02. The van der Waals surface area contributed by atoms with Crippen molar-refractivity contribution in [3.63, 3.8) is 0 Å². The number of hydrogen-bond donors (Lipinski definition) is 2. The Morgan fingerprint density at radius 1 is 1.43 bits per heavy atom. The fourth-order valence-electron chi connectivity index (χ4n) is 2.97. The molecule has 2 atom stereocenters. The second kappa shape index (κ2) is 7.66. The lowest BCUT2D eigenvalue weighted by molar-refractivity contribution is 0.130. The molecule has 0 spiro atoms. The maximum Gasteiger partial charge on any atom is 0.123 e. The van der Waals surface area contributed by atoms with Gasteiger partial charge in [-0.3, -0.25) is 4.90 Å². The minimum absolute atomic E-state index is 0.269. The van der Waals surface area contributed by atoms with Gasteiger partial charge in [0, 0.05) is 24.2 Å². The van der Waals surface area contributed by atoms with E-state index in [2.05, 4.69) is 11.8 Å². The van der Waals surface area contributed by atoms with E-state index in [4.69, 9.17) is 4.74 Å². The number of ether oxygens (including phenoxy) is 1. The van der Waals surface area contributed by atoms with E-state index in [0.29, 0.717) is 18.4 Å². The molecule has 118 valence electrons. The van der Waals surface area contributed by atoms with Crippen LogP contribution in [0, 0.1) is 0 Å². The molecule has 1 heterocycles. The molecule has 21 heavy (non-hydrogen) atoms. The zero-order valence-corrected chi connectivity index (χ0v) is 13.1. The summed E-state index contributed by atoms with van der Waals surface area (Å²) < 4.78 is 5.53. The third-order valence-corrected chi connectivity index (χ3v) is 4.02. The predicted molar refractivity (Wildman–Crippen MR) is 83.6 cm³/mol. The molecule has 0 aliphatic carbocycles. The van der Waals surface area contributed by atoms with Gasteiger partial charge in [-0.2, -0.15) is 0 Å². The predicted octanol–water partition coefficient (Wildman–Crippen LogP) is 2.92. The Morgan fingerprint density at radius 2 is 2.24 bits per heavy atom. The van der Waals surface area contributed by atoms with Crippen LogP contribution >= 0.6 is 0 Å². The highest BCUT2D eigenvalue weighted by molar-refractivity contribution is 5.39. The van der Waals surface area contributed by atoms with Crippen molar-refractivity contribution in [1.29, 1.82) is 0 Å². The van der Waals surface area contributed by atoms with Crippen LogP contribution in [0.1, 0.15) is 45.1 Å². The third-order valence-electron chi connectivity index (χ3n) is 4.02. The molecule has 1 aliphatic rings. The van der Waals surface area contributed by atoms with Crippen molar-refractivity contribution in [3.8, 4) is 11.5 Å². The Hall–Kier alpha value is -1.26. The molecule has 4 nitrogen and oxygen atoms in total. The molecule has 2 N–H and O–H groups in total. The maximum atomic E-state index is 10.2. The fourth-order valence-corrected chi connectivity index (χ4v) is 2.97. The molecule has 2 unspecified atom stereocenters. The summed E-state index contributed by atoms with van der Waals surface area (Å²) in [6, 6.07) is 5.98. The minimum atomic E-state index is -0.269. The second-order valence-electron chi connectivity index (χ2n) is 5.99. The van der Waals surface area contributed by atoms with E-state index in [1.54, 1.807) is 6.07 Å². The highest BCUT2D eigenvalue weighted by Gasteiger charge is 2.26. The number of likely N-dealkylation sites (tertiary alicyclic amines) is 1. The Kier molecular flexibility index (Phi) is 5.88. The average Bonchev–Trinajstić information content (AvgIpc) is 2.85. The Morgan fingerprint density at radius 3 is 2.90 bits per heavy atom. The topological polar surface area (TPSA) is 52.9 Å². The number of aromatic hydroxyl groups is 1. The summed E-state index contributed by atoms with van der Waals surface area (Å²) in [4.78, 5) is 2.36. The van der Waals surface area contributed by atoms with Crippen LogP contribution in [0.15, 0.2) is 18.2 Å². The van der Waals surface area contributed by atoms with Crippen LogP contribution in [-0.2, 0) is 6.54 Å². The van der Waals surface area contributed by atoms with E-state index in [-0.39, 0.29) is 6.10 Å². The number of rotatable bonds is 7. The van der Waals surface area contributed by atoms with E-state index in [0.717, 1.165) is 50.1 Å². The second-order valence-corrected chi connectivity index (χ2v) is 5.99. The molecule has 1 aliphatic heterocycles. The zero-order chi connectivity index (χ0) is 15.2. The quantitative estimate of drug-likeness (QED) is 0.811. The largest absolute Gasteiger partial charge is 0.507 e. The number of nitrogens with zero attached hydrogens (tertiary/aromatic N) is 1. The summed E-state index contributed by atoms with van der Waals surface area (Å²) >= 11 is 0. The summed E-state index contributed by atoms with van der Waals surface area (Å²) in [5, 5.41) is 19.7. The number of aliphatic hydroxyl groups is 1. The van der Waals surface area contributed by atoms with Gasteiger partial charge in [0.1, 0.15) is 11.5 Å². The van der Waals surface area contributed by atoms with Crippen LogP contribution in [0.4, 0.5) is 0 Å². The summed E-state index contributed by atoms with van der Waals surface area (Å²) in [6.45, 7) is 6.33. The lowest BCUT2D eigenvalue weighted by Crippen LogP contribution is -2.31. The fraction of sp³-hybridized carbons (Fsp3) is 0.647. The number of benzene rings is 1. The number of phenols is 1. The molecule has 0 saturated carbocycles. The molecular weight excluding hydrogens is 266 g/mol. The number of hydrogen-bond acceptors (Lipinski definition) is 4. The highest BCUT2D eigenvalue weighted by atomic mass is 16.5. The van der Waals surface area contributed by atoms with Crippen molar-refractivity contribution in [2.24, 2.45) is 0 Å². The van der Waals surface area contributed by atoms with Gasteiger partial charge in [0.15, 0.2) is 0 Å². The van der Waals surface area contributed by atoms with E-state index in [1.165, 1.54) is 0 Å². The van der Waals surface area contributed by atoms with Gasteiger partial charge >= 0.3 is 0 Å². The van der Waals surface area contributed by atoms with Crippen molar-refractivity contribution in [2.75, 3.05) is 13.2 Å². The van der Waals surface area contributed by atoms with Crippen LogP contribution in [0.25, 0.3) is 0 Å². The smallest absolute Gasteiger partial charge is 0.123 e. The minimum Gasteiger partial charge on any atom is -0.507 e. The van der Waals surface area contributed by atoms with Gasteiger partial charge in [-0.25, -0.2) is 0 Å². The molecule has 1 aromatic carbocycles. The van der Waals surface area contributed by atoms with Crippen molar-refractivity contribution in [2.45, 2.75) is 58.2 Å². The molecule has 0 radical (unpaired) electrons. The standard InChI is InChI=1S/C17H27NO3/c1-3-9-21-16-7-6-14(17(20)11-16)12-18-8-4-5-15(18)10-13(2)19/h6-7,11,13,15,19-20H,3-5,8-10,12H2,1-2H3. The Bertz CT molecular complexity index is 448. The lowest BCUT2D eigenvalue weighted by Gasteiger charge is -2.25. The monoisotopic (exact) mass is 293 g/mol. The molecule has 0 aromatic heterocycles. The maximum absolute atomic E-state index is 10.2. The number of aliphatic hydroxyl groups excluding tert-OH is 1. The van der Waals surface area contributed by atoms with Gasteiger partial charge in [-0.15, -0.1) is 0 Å². The lowest BCUT2D eigenvalue weighted by atomic mass is 10.1. The van der Waals surface area contributed by atoms with Gasteiger partial charge in [-0.05, 0) is 45.2 Å². The van der Waals surface area contributed by atoms with Gasteiger partial charge in [0.2, 0.25) is 0 Å². The molecule has 4 heteroatoms. The van der Waals surface area contributed by atoms with Gasteiger partial charge < -0.3 is 14.9 Å². The van der Waals surface area contributed by atoms with Crippen LogP contribution in [0.5, 0.6) is 11.5 Å². The first kappa shape index (κ1) is 16.1. The van der Waals surface area contributed by atoms with Crippen LogP contribution < -0.4 is 4.74 Å². The van der Waals surface area contributed by atoms with Crippen LogP contribution in [-0.4, -0.2) is 40.4 Å². The Balaban J connectivity index is 1.98. The molecule has 2 rings (SSSR count). The third kappa shape index (κ3) is 4.61. The van der Waals surface area contributed by atoms with Crippen molar-refractivity contribution >= 4 is 0 Å². The van der Waals surface area contributed by atoms with Crippen LogP contribution in [0.2, 0.25) is 0 Å².